The van der Waals surface area contributed by atoms with Crippen LogP contribution in [0.15, 0.2) is 18.5 Å². The van der Waals surface area contributed by atoms with Crippen molar-refractivity contribution >= 4 is 11.6 Å². The zero-order valence-corrected chi connectivity index (χ0v) is 9.16. The number of amides is 1. The van der Waals surface area contributed by atoms with E-state index in [2.05, 4.69) is 10.3 Å². The minimum Gasteiger partial charge on any atom is -0.327 e. The SMILES string of the molecule is CCC(N)CC(=O)Nc1cncc(C)c1. The minimum atomic E-state index is -0.0669. The molecule has 1 unspecified atom stereocenters. The second-order valence-electron chi connectivity index (χ2n) is 3.67. The molecule has 0 aliphatic carbocycles. The lowest BCUT2D eigenvalue weighted by Crippen LogP contribution is -2.26. The number of rotatable bonds is 4. The maximum absolute atomic E-state index is 11.5. The summed E-state index contributed by atoms with van der Waals surface area (Å²) in [5.41, 5.74) is 7.43. The predicted molar refractivity (Wildman–Crippen MR) is 60.5 cm³/mol. The van der Waals surface area contributed by atoms with Crippen LogP contribution in [-0.4, -0.2) is 16.9 Å². The van der Waals surface area contributed by atoms with Gasteiger partial charge < -0.3 is 11.1 Å². The highest BCUT2D eigenvalue weighted by molar-refractivity contribution is 5.90. The number of aromatic nitrogens is 1. The summed E-state index contributed by atoms with van der Waals surface area (Å²) >= 11 is 0. The molecule has 1 aromatic heterocycles. The Morgan fingerprint density at radius 2 is 2.33 bits per heavy atom. The topological polar surface area (TPSA) is 68.0 Å². The van der Waals surface area contributed by atoms with Crippen LogP contribution in [0.5, 0.6) is 0 Å². The Bertz CT molecular complexity index is 338. The molecule has 4 nitrogen and oxygen atoms in total. The summed E-state index contributed by atoms with van der Waals surface area (Å²) < 4.78 is 0. The van der Waals surface area contributed by atoms with Gasteiger partial charge in [-0.15, -0.1) is 0 Å². The molecule has 1 amide bonds. The molecule has 15 heavy (non-hydrogen) atoms. The number of nitrogens with two attached hydrogens (primary N) is 1. The third kappa shape index (κ3) is 4.08. The summed E-state index contributed by atoms with van der Waals surface area (Å²) in [6, 6.07) is 1.81. The van der Waals surface area contributed by atoms with Crippen molar-refractivity contribution in [1.82, 2.24) is 4.98 Å². The number of nitrogens with zero attached hydrogens (tertiary/aromatic N) is 1. The summed E-state index contributed by atoms with van der Waals surface area (Å²) in [5.74, 6) is -0.0586. The summed E-state index contributed by atoms with van der Waals surface area (Å²) in [6.45, 7) is 3.90. The van der Waals surface area contributed by atoms with Crippen molar-refractivity contribution < 1.29 is 4.79 Å². The summed E-state index contributed by atoms with van der Waals surface area (Å²) in [5, 5.41) is 2.77. The molecule has 1 atom stereocenters. The number of hydrogen-bond donors (Lipinski definition) is 2. The molecule has 0 bridgehead atoms. The first-order valence-electron chi connectivity index (χ1n) is 5.09. The van der Waals surface area contributed by atoms with Crippen molar-refractivity contribution in [2.75, 3.05) is 5.32 Å². The summed E-state index contributed by atoms with van der Waals surface area (Å²) in [7, 11) is 0. The molecule has 0 saturated heterocycles. The van der Waals surface area contributed by atoms with Crippen LogP contribution in [0.4, 0.5) is 5.69 Å². The van der Waals surface area contributed by atoms with E-state index in [1.807, 2.05) is 19.9 Å². The Balaban J connectivity index is 2.51. The fourth-order valence-electron chi connectivity index (χ4n) is 1.22. The van der Waals surface area contributed by atoms with E-state index in [4.69, 9.17) is 5.73 Å². The monoisotopic (exact) mass is 207 g/mol. The fourth-order valence-corrected chi connectivity index (χ4v) is 1.22. The number of aryl methyl sites for hydroxylation is 1. The highest BCUT2D eigenvalue weighted by atomic mass is 16.1. The summed E-state index contributed by atoms with van der Waals surface area (Å²) in [4.78, 5) is 15.5. The molecule has 0 aliphatic rings. The Hall–Kier alpha value is -1.42. The summed E-state index contributed by atoms with van der Waals surface area (Å²) in [6.07, 6.45) is 4.53. The maximum atomic E-state index is 11.5. The second kappa shape index (κ2) is 5.46. The van der Waals surface area contributed by atoms with Gasteiger partial charge in [0, 0.05) is 18.7 Å². The van der Waals surface area contributed by atoms with Gasteiger partial charge in [-0.2, -0.15) is 0 Å². The Morgan fingerprint density at radius 3 is 2.93 bits per heavy atom. The van der Waals surface area contributed by atoms with Gasteiger partial charge in [0.2, 0.25) is 5.91 Å². The quantitative estimate of drug-likeness (QED) is 0.785. The van der Waals surface area contributed by atoms with Gasteiger partial charge in [-0.1, -0.05) is 6.92 Å². The molecule has 0 spiro atoms. The molecule has 1 rings (SSSR count). The molecule has 0 aromatic carbocycles. The van der Waals surface area contributed by atoms with E-state index in [0.717, 1.165) is 17.7 Å². The van der Waals surface area contributed by atoms with E-state index in [-0.39, 0.29) is 11.9 Å². The van der Waals surface area contributed by atoms with Crippen molar-refractivity contribution in [1.29, 1.82) is 0 Å². The van der Waals surface area contributed by atoms with Gasteiger partial charge in [-0.3, -0.25) is 9.78 Å². The maximum Gasteiger partial charge on any atom is 0.225 e. The molecule has 0 fully saturated rings. The predicted octanol–water partition coefficient (Wildman–Crippen LogP) is 1.46. The fraction of sp³-hybridized carbons (Fsp3) is 0.455. The third-order valence-corrected chi connectivity index (χ3v) is 2.13. The first-order valence-corrected chi connectivity index (χ1v) is 5.09. The highest BCUT2D eigenvalue weighted by Crippen LogP contribution is 2.08. The van der Waals surface area contributed by atoms with E-state index in [1.54, 1.807) is 12.4 Å². The van der Waals surface area contributed by atoms with Crippen molar-refractivity contribution in [2.24, 2.45) is 5.73 Å². The number of carbonyl (C=O) groups excluding carboxylic acids is 1. The van der Waals surface area contributed by atoms with Crippen LogP contribution in [0, 0.1) is 6.92 Å². The molecular formula is C11H17N3O. The van der Waals surface area contributed by atoms with E-state index in [0.29, 0.717) is 6.42 Å². The van der Waals surface area contributed by atoms with Crippen LogP contribution in [0.25, 0.3) is 0 Å². The largest absolute Gasteiger partial charge is 0.327 e. The molecule has 0 aliphatic heterocycles. The molecule has 1 heterocycles. The van der Waals surface area contributed by atoms with Gasteiger partial charge in [-0.05, 0) is 25.0 Å². The first-order chi connectivity index (χ1) is 7.11. The molecule has 0 radical (unpaired) electrons. The van der Waals surface area contributed by atoms with E-state index < -0.39 is 0 Å². The lowest BCUT2D eigenvalue weighted by Gasteiger charge is -2.09. The Morgan fingerprint density at radius 1 is 1.60 bits per heavy atom. The van der Waals surface area contributed by atoms with Crippen LogP contribution in [0.2, 0.25) is 0 Å². The van der Waals surface area contributed by atoms with E-state index >= 15 is 0 Å². The zero-order chi connectivity index (χ0) is 11.3. The van der Waals surface area contributed by atoms with Crippen LogP contribution >= 0.6 is 0 Å². The average molecular weight is 207 g/mol. The lowest BCUT2D eigenvalue weighted by molar-refractivity contribution is -0.116. The van der Waals surface area contributed by atoms with Gasteiger partial charge in [0.15, 0.2) is 0 Å². The minimum absolute atomic E-state index is 0.0586. The van der Waals surface area contributed by atoms with Crippen molar-refractivity contribution in [3.05, 3.63) is 24.0 Å². The molecule has 3 N–H and O–H groups in total. The van der Waals surface area contributed by atoms with Gasteiger partial charge >= 0.3 is 0 Å². The van der Waals surface area contributed by atoms with Crippen LogP contribution in [-0.2, 0) is 4.79 Å². The number of anilines is 1. The van der Waals surface area contributed by atoms with E-state index in [1.165, 1.54) is 0 Å². The lowest BCUT2D eigenvalue weighted by atomic mass is 10.1. The first kappa shape index (κ1) is 11.7. The Kier molecular flexibility index (Phi) is 4.24. The number of nitrogens with one attached hydrogen (secondary N) is 1. The Labute approximate surface area is 89.9 Å². The second-order valence-corrected chi connectivity index (χ2v) is 3.67. The standard InChI is InChI=1S/C11H17N3O/c1-3-9(12)5-11(15)14-10-4-8(2)6-13-7-10/h4,6-7,9H,3,5,12H2,1-2H3,(H,14,15). The van der Waals surface area contributed by atoms with Crippen molar-refractivity contribution in [2.45, 2.75) is 32.7 Å². The number of hydrogen-bond acceptors (Lipinski definition) is 3. The number of carbonyl (C=O) groups is 1. The normalized spacial score (nSPS) is 12.2. The third-order valence-electron chi connectivity index (χ3n) is 2.13. The molecule has 4 heteroatoms. The van der Waals surface area contributed by atoms with Crippen LogP contribution in [0.1, 0.15) is 25.3 Å². The highest BCUT2D eigenvalue weighted by Gasteiger charge is 2.07. The molecular weight excluding hydrogens is 190 g/mol. The van der Waals surface area contributed by atoms with E-state index in [9.17, 15) is 4.79 Å². The molecule has 82 valence electrons. The van der Waals surface area contributed by atoms with Gasteiger partial charge in [0.05, 0.1) is 11.9 Å². The van der Waals surface area contributed by atoms with Crippen molar-refractivity contribution in [3.8, 4) is 0 Å². The van der Waals surface area contributed by atoms with Gasteiger partial charge in [0.25, 0.3) is 0 Å². The number of pyridine rings is 1. The smallest absolute Gasteiger partial charge is 0.225 e. The van der Waals surface area contributed by atoms with Gasteiger partial charge in [0.1, 0.15) is 0 Å². The average Bonchev–Trinajstić information content (AvgIpc) is 2.17. The van der Waals surface area contributed by atoms with Crippen molar-refractivity contribution in [3.63, 3.8) is 0 Å². The van der Waals surface area contributed by atoms with Crippen LogP contribution in [0.3, 0.4) is 0 Å². The molecule has 0 saturated carbocycles. The molecule has 1 aromatic rings. The zero-order valence-electron chi connectivity index (χ0n) is 9.16. The van der Waals surface area contributed by atoms with Crippen LogP contribution < -0.4 is 11.1 Å². The van der Waals surface area contributed by atoms with Gasteiger partial charge in [-0.25, -0.2) is 0 Å².